The summed E-state index contributed by atoms with van der Waals surface area (Å²) in [4.78, 5) is 3.89. The number of fused-ring (bicyclic) bond motifs is 1. The van der Waals surface area contributed by atoms with E-state index < -0.39 is 20.1 Å². The molecule has 0 saturated heterocycles. The molecule has 0 fully saturated rings. The van der Waals surface area contributed by atoms with Gasteiger partial charge < -0.3 is 10.6 Å². The minimum absolute atomic E-state index is 0.0134. The summed E-state index contributed by atoms with van der Waals surface area (Å²) < 4.78 is 58.4. The molecule has 1 aliphatic rings. The molecular formula is C22H22N4O5S2. The van der Waals surface area contributed by atoms with E-state index in [1.165, 1.54) is 36.4 Å². The van der Waals surface area contributed by atoms with Gasteiger partial charge in [0.05, 0.1) is 21.5 Å². The molecule has 0 radical (unpaired) electrons. The number of sulfonamides is 1. The van der Waals surface area contributed by atoms with Crippen LogP contribution in [0.15, 0.2) is 87.7 Å². The summed E-state index contributed by atoms with van der Waals surface area (Å²) in [5, 5.41) is 4.17. The Hall–Kier alpha value is -3.41. The fraction of sp³-hybridized carbons (Fsp3) is 0.136. The summed E-state index contributed by atoms with van der Waals surface area (Å²) >= 11 is 0. The van der Waals surface area contributed by atoms with Crippen LogP contribution in [0.5, 0.6) is 0 Å². The van der Waals surface area contributed by atoms with E-state index in [0.29, 0.717) is 29.1 Å². The average Bonchev–Trinajstić information content (AvgIpc) is 2.78. The summed E-state index contributed by atoms with van der Waals surface area (Å²) in [7, 11) is -6.58. The predicted molar refractivity (Wildman–Crippen MR) is 126 cm³/mol. The molecule has 1 atom stereocenters. The molecule has 4 N–H and O–H groups in total. The van der Waals surface area contributed by atoms with Crippen LogP contribution >= 0.6 is 0 Å². The average molecular weight is 487 g/mol. The van der Waals surface area contributed by atoms with Gasteiger partial charge in [0.2, 0.25) is 0 Å². The van der Waals surface area contributed by atoms with Crippen molar-refractivity contribution in [1.29, 1.82) is 0 Å². The predicted octanol–water partition coefficient (Wildman–Crippen LogP) is 2.78. The van der Waals surface area contributed by atoms with Gasteiger partial charge >= 0.3 is 0 Å². The van der Waals surface area contributed by atoms with Gasteiger partial charge in [-0.2, -0.15) is 26.8 Å². The van der Waals surface area contributed by atoms with Gasteiger partial charge in [-0.15, -0.1) is 0 Å². The van der Waals surface area contributed by atoms with E-state index in [1.807, 2.05) is 42.3 Å². The van der Waals surface area contributed by atoms with Crippen molar-refractivity contribution in [3.8, 4) is 0 Å². The van der Waals surface area contributed by atoms with E-state index in [9.17, 15) is 21.4 Å². The Morgan fingerprint density at radius 2 is 1.61 bits per heavy atom. The third kappa shape index (κ3) is 4.70. The Morgan fingerprint density at radius 3 is 2.24 bits per heavy atom. The summed E-state index contributed by atoms with van der Waals surface area (Å²) in [5.41, 5.74) is 8.42. The molecule has 0 spiro atoms. The topological polar surface area (TPSA) is 142 Å². The van der Waals surface area contributed by atoms with Crippen LogP contribution in [0.1, 0.15) is 23.6 Å². The number of nitrogens with one attached hydrogen (secondary N) is 1. The van der Waals surface area contributed by atoms with Gasteiger partial charge in [-0.25, -0.2) is 0 Å². The van der Waals surface area contributed by atoms with Gasteiger partial charge in [-0.3, -0.25) is 4.55 Å². The number of benzene rings is 3. The van der Waals surface area contributed by atoms with E-state index >= 15 is 0 Å². The molecule has 9 nitrogen and oxygen atoms in total. The molecule has 172 valence electrons. The molecule has 4 rings (SSSR count). The molecule has 3 aromatic rings. The van der Waals surface area contributed by atoms with Crippen molar-refractivity contribution < 1.29 is 21.4 Å². The first-order valence-corrected chi connectivity index (χ1v) is 12.8. The fourth-order valence-corrected chi connectivity index (χ4v) is 5.09. The second kappa shape index (κ2) is 8.50. The minimum atomic E-state index is -4.46. The first-order valence-electron chi connectivity index (χ1n) is 9.90. The molecule has 0 aliphatic carbocycles. The summed E-state index contributed by atoms with van der Waals surface area (Å²) in [6.07, 6.45) is 0.298. The Kier molecular flexibility index (Phi) is 5.87. The Balaban J connectivity index is 1.79. The van der Waals surface area contributed by atoms with Crippen LogP contribution in [0, 0.1) is 0 Å². The lowest BCUT2D eigenvalue weighted by molar-refractivity contribution is 0.483. The van der Waals surface area contributed by atoms with Gasteiger partial charge in [0, 0.05) is 30.4 Å². The molecule has 1 heterocycles. The van der Waals surface area contributed by atoms with Gasteiger partial charge in [-0.05, 0) is 48.0 Å². The second-order valence-corrected chi connectivity index (χ2v) is 10.7. The first-order chi connectivity index (χ1) is 15.6. The monoisotopic (exact) mass is 486 g/mol. The second-order valence-electron chi connectivity index (χ2n) is 7.62. The van der Waals surface area contributed by atoms with E-state index in [4.69, 9.17) is 5.73 Å². The maximum absolute atomic E-state index is 12.7. The molecule has 0 amide bonds. The van der Waals surface area contributed by atoms with E-state index in [2.05, 4.69) is 9.93 Å². The zero-order valence-electron chi connectivity index (χ0n) is 17.6. The van der Waals surface area contributed by atoms with E-state index in [-0.39, 0.29) is 15.8 Å². The summed E-state index contributed by atoms with van der Waals surface area (Å²) in [6.45, 7) is 0. The van der Waals surface area contributed by atoms with Crippen LogP contribution in [-0.2, 0) is 20.1 Å². The van der Waals surface area contributed by atoms with E-state index in [0.717, 1.165) is 5.56 Å². The number of anilines is 2. The zero-order chi connectivity index (χ0) is 23.8. The standard InChI is InChI=1S/C22H22N4O5S2/c1-26-21-12-11-18(33(29,30)31)13-19(21)20(14-22(26)15-5-3-2-4-6-15)24-25-32(27,28)17-9-7-16(23)8-10-17/h2-13,22,25H,14,23H2,1H3,(H,29,30,31). The quantitative estimate of drug-likeness (QED) is 0.286. The SMILES string of the molecule is CN1c2ccc(S(=O)(=O)O)cc2C(=NNS(=O)(=O)c2ccc(N)cc2)CC1c1ccccc1. The lowest BCUT2D eigenvalue weighted by Crippen LogP contribution is -2.34. The lowest BCUT2D eigenvalue weighted by atomic mass is 9.90. The molecule has 0 bridgehead atoms. The van der Waals surface area contributed by atoms with Crippen LogP contribution in [-0.4, -0.2) is 34.1 Å². The highest BCUT2D eigenvalue weighted by Gasteiger charge is 2.31. The van der Waals surface area contributed by atoms with Crippen molar-refractivity contribution in [2.45, 2.75) is 22.3 Å². The van der Waals surface area contributed by atoms with Gasteiger partial charge in [0.25, 0.3) is 20.1 Å². The van der Waals surface area contributed by atoms with E-state index in [1.54, 1.807) is 6.07 Å². The maximum Gasteiger partial charge on any atom is 0.294 e. The van der Waals surface area contributed by atoms with Crippen LogP contribution in [0.3, 0.4) is 0 Å². The Bertz CT molecular complexity index is 1420. The lowest BCUT2D eigenvalue weighted by Gasteiger charge is -2.37. The van der Waals surface area contributed by atoms with Crippen LogP contribution in [0.4, 0.5) is 11.4 Å². The summed E-state index contributed by atoms with van der Waals surface area (Å²) in [6, 6.07) is 19.3. The highest BCUT2D eigenvalue weighted by Crippen LogP contribution is 2.38. The highest BCUT2D eigenvalue weighted by molar-refractivity contribution is 7.89. The Morgan fingerprint density at radius 1 is 0.970 bits per heavy atom. The van der Waals surface area contributed by atoms with Crippen molar-refractivity contribution in [3.63, 3.8) is 0 Å². The minimum Gasteiger partial charge on any atom is -0.399 e. The van der Waals surface area contributed by atoms with Crippen molar-refractivity contribution in [2.75, 3.05) is 17.7 Å². The molecule has 1 unspecified atom stereocenters. The number of nitrogen functional groups attached to an aromatic ring is 1. The maximum atomic E-state index is 12.7. The first kappa shape index (κ1) is 22.8. The Labute approximate surface area is 192 Å². The molecule has 33 heavy (non-hydrogen) atoms. The van der Waals surface area contributed by atoms with Crippen LogP contribution in [0.2, 0.25) is 0 Å². The highest BCUT2D eigenvalue weighted by atomic mass is 32.2. The number of hydrogen-bond donors (Lipinski definition) is 3. The van der Waals surface area contributed by atoms with Gasteiger partial charge in [0.1, 0.15) is 0 Å². The molecule has 3 aromatic carbocycles. The van der Waals surface area contributed by atoms with Crippen LogP contribution < -0.4 is 15.5 Å². The number of nitrogens with zero attached hydrogens (tertiary/aromatic N) is 2. The number of nitrogens with two attached hydrogens (primary N) is 1. The molecule has 11 heteroatoms. The summed E-state index contributed by atoms with van der Waals surface area (Å²) in [5.74, 6) is 0. The number of hydrogen-bond acceptors (Lipinski definition) is 7. The smallest absolute Gasteiger partial charge is 0.294 e. The van der Waals surface area contributed by atoms with Crippen molar-refractivity contribution in [1.82, 2.24) is 4.83 Å². The third-order valence-corrected chi connectivity index (χ3v) is 7.56. The van der Waals surface area contributed by atoms with Crippen molar-refractivity contribution in [3.05, 3.63) is 83.9 Å². The fourth-order valence-electron chi connectivity index (χ4n) is 3.75. The normalized spacial score (nSPS) is 17.6. The largest absolute Gasteiger partial charge is 0.399 e. The third-order valence-electron chi connectivity index (χ3n) is 5.49. The molecule has 0 saturated carbocycles. The molecule has 1 aliphatic heterocycles. The zero-order valence-corrected chi connectivity index (χ0v) is 19.2. The van der Waals surface area contributed by atoms with Crippen molar-refractivity contribution in [2.24, 2.45) is 5.10 Å². The van der Waals surface area contributed by atoms with Gasteiger partial charge in [-0.1, -0.05) is 30.3 Å². The number of rotatable bonds is 5. The molecule has 0 aromatic heterocycles. The molecular weight excluding hydrogens is 464 g/mol. The van der Waals surface area contributed by atoms with Crippen LogP contribution in [0.25, 0.3) is 0 Å². The number of hydrazone groups is 1. The van der Waals surface area contributed by atoms with Crippen molar-refractivity contribution >= 4 is 37.2 Å². The van der Waals surface area contributed by atoms with Gasteiger partial charge in [0.15, 0.2) is 0 Å².